The highest BCUT2D eigenvalue weighted by atomic mass is 32.1. The second kappa shape index (κ2) is 6.65. The minimum atomic E-state index is 0.0470. The van der Waals surface area contributed by atoms with Gasteiger partial charge in [0.25, 0.3) is 0 Å². The van der Waals surface area contributed by atoms with Crippen LogP contribution in [-0.2, 0) is 11.3 Å². The summed E-state index contributed by atoms with van der Waals surface area (Å²) in [6.45, 7) is 8.31. The molecule has 1 aromatic heterocycles. The highest BCUT2D eigenvalue weighted by Gasteiger charge is 2.24. The summed E-state index contributed by atoms with van der Waals surface area (Å²) in [4.78, 5) is 20.3. The number of carbonyl (C=O) groups excluding carboxylic acids is 1. The van der Waals surface area contributed by atoms with Crippen LogP contribution in [-0.4, -0.2) is 41.0 Å². The maximum atomic E-state index is 11.5. The monoisotopic (exact) mass is 296 g/mol. The Kier molecular flexibility index (Phi) is 5.12. The molecule has 1 amide bonds. The SMILES string of the molecule is CCN(C(C)=O)c1nc(CN2CCC(N)CC2C)cs1. The average Bonchev–Trinajstić information content (AvgIpc) is 2.81. The van der Waals surface area contributed by atoms with E-state index in [4.69, 9.17) is 5.73 Å². The predicted octanol–water partition coefficient (Wildman–Crippen LogP) is 1.83. The van der Waals surface area contributed by atoms with Crippen molar-refractivity contribution in [2.75, 3.05) is 18.0 Å². The Morgan fingerprint density at radius 2 is 2.40 bits per heavy atom. The van der Waals surface area contributed by atoms with Crippen LogP contribution in [0.25, 0.3) is 0 Å². The molecule has 6 heteroatoms. The largest absolute Gasteiger partial charge is 0.328 e. The van der Waals surface area contributed by atoms with Crippen LogP contribution in [0.2, 0.25) is 0 Å². The third-order valence-corrected chi connectivity index (χ3v) is 4.80. The van der Waals surface area contributed by atoms with Crippen LogP contribution in [0.4, 0.5) is 5.13 Å². The molecule has 1 aliphatic heterocycles. The van der Waals surface area contributed by atoms with Crippen molar-refractivity contribution in [3.8, 4) is 0 Å². The Hall–Kier alpha value is -0.980. The van der Waals surface area contributed by atoms with Gasteiger partial charge in [-0.1, -0.05) is 0 Å². The van der Waals surface area contributed by atoms with Crippen molar-refractivity contribution < 1.29 is 4.79 Å². The van der Waals surface area contributed by atoms with Crippen molar-refractivity contribution in [3.63, 3.8) is 0 Å². The Bertz CT molecular complexity index is 462. The number of piperidine rings is 1. The molecule has 0 bridgehead atoms. The molecule has 0 radical (unpaired) electrons. The molecule has 1 saturated heterocycles. The van der Waals surface area contributed by atoms with Crippen LogP contribution >= 0.6 is 11.3 Å². The zero-order valence-electron chi connectivity index (χ0n) is 12.5. The van der Waals surface area contributed by atoms with E-state index in [1.165, 1.54) is 0 Å². The minimum Gasteiger partial charge on any atom is -0.328 e. The van der Waals surface area contributed by atoms with Crippen LogP contribution in [0, 0.1) is 0 Å². The standard InChI is InChI=1S/C14H24N4OS/c1-4-18(11(3)19)14-16-13(9-20-14)8-17-6-5-12(15)7-10(17)2/h9-10,12H,4-8,15H2,1-3H3. The number of nitrogens with zero attached hydrogens (tertiary/aromatic N) is 3. The highest BCUT2D eigenvalue weighted by molar-refractivity contribution is 7.14. The van der Waals surface area contributed by atoms with Gasteiger partial charge in [-0.15, -0.1) is 11.3 Å². The Balaban J connectivity index is 2.01. The first-order valence-electron chi connectivity index (χ1n) is 7.23. The first-order chi connectivity index (χ1) is 9.51. The Labute approximate surface area is 124 Å². The van der Waals surface area contributed by atoms with Crippen LogP contribution < -0.4 is 10.6 Å². The molecule has 0 aliphatic carbocycles. The molecule has 1 aliphatic rings. The Morgan fingerprint density at radius 3 is 3.00 bits per heavy atom. The topological polar surface area (TPSA) is 62.5 Å². The average molecular weight is 296 g/mol. The van der Waals surface area contributed by atoms with Gasteiger partial charge in [0.1, 0.15) is 0 Å². The van der Waals surface area contributed by atoms with E-state index >= 15 is 0 Å². The highest BCUT2D eigenvalue weighted by Crippen LogP contribution is 2.24. The van der Waals surface area contributed by atoms with Crippen molar-refractivity contribution in [2.24, 2.45) is 5.73 Å². The lowest BCUT2D eigenvalue weighted by Gasteiger charge is -2.35. The summed E-state index contributed by atoms with van der Waals surface area (Å²) in [5.74, 6) is 0.0470. The molecule has 2 atom stereocenters. The van der Waals surface area contributed by atoms with E-state index in [-0.39, 0.29) is 5.91 Å². The van der Waals surface area contributed by atoms with E-state index in [1.807, 2.05) is 6.92 Å². The number of carbonyl (C=O) groups is 1. The summed E-state index contributed by atoms with van der Waals surface area (Å²) in [5, 5.41) is 2.86. The van der Waals surface area contributed by atoms with Crippen molar-refractivity contribution >= 4 is 22.4 Å². The summed E-state index contributed by atoms with van der Waals surface area (Å²) < 4.78 is 0. The van der Waals surface area contributed by atoms with Gasteiger partial charge in [-0.2, -0.15) is 0 Å². The molecule has 5 nitrogen and oxygen atoms in total. The van der Waals surface area contributed by atoms with E-state index in [0.717, 1.165) is 36.8 Å². The number of hydrogen-bond acceptors (Lipinski definition) is 5. The second-order valence-corrected chi connectivity index (χ2v) is 6.33. The molecule has 2 unspecified atom stereocenters. The number of aromatic nitrogens is 1. The first-order valence-corrected chi connectivity index (χ1v) is 8.11. The van der Waals surface area contributed by atoms with Gasteiger partial charge in [-0.25, -0.2) is 4.98 Å². The summed E-state index contributed by atoms with van der Waals surface area (Å²) in [6, 6.07) is 0.833. The molecule has 1 aromatic rings. The molecular formula is C14H24N4OS. The number of nitrogens with two attached hydrogens (primary N) is 1. The zero-order chi connectivity index (χ0) is 14.7. The molecule has 2 N–H and O–H groups in total. The van der Waals surface area contributed by atoms with Gasteiger partial charge in [0.2, 0.25) is 5.91 Å². The van der Waals surface area contributed by atoms with Crippen molar-refractivity contribution in [2.45, 2.75) is 52.2 Å². The number of likely N-dealkylation sites (tertiary alicyclic amines) is 1. The lowest BCUT2D eigenvalue weighted by atomic mass is 9.99. The van der Waals surface area contributed by atoms with Gasteiger partial charge in [0, 0.05) is 44.0 Å². The quantitative estimate of drug-likeness (QED) is 0.920. The normalized spacial score (nSPS) is 23.8. The van der Waals surface area contributed by atoms with Crippen molar-refractivity contribution in [3.05, 3.63) is 11.1 Å². The minimum absolute atomic E-state index is 0.0470. The molecular weight excluding hydrogens is 272 g/mol. The van der Waals surface area contributed by atoms with Crippen molar-refractivity contribution in [1.82, 2.24) is 9.88 Å². The fraction of sp³-hybridized carbons (Fsp3) is 0.714. The zero-order valence-corrected chi connectivity index (χ0v) is 13.3. The van der Waals surface area contributed by atoms with Gasteiger partial charge in [-0.05, 0) is 26.7 Å². The van der Waals surface area contributed by atoms with Gasteiger partial charge in [0.05, 0.1) is 5.69 Å². The third-order valence-electron chi connectivity index (χ3n) is 3.89. The van der Waals surface area contributed by atoms with Gasteiger partial charge in [0.15, 0.2) is 5.13 Å². The van der Waals surface area contributed by atoms with E-state index in [9.17, 15) is 4.79 Å². The smallest absolute Gasteiger partial charge is 0.225 e. The van der Waals surface area contributed by atoms with E-state index in [0.29, 0.717) is 18.6 Å². The van der Waals surface area contributed by atoms with Gasteiger partial charge in [-0.3, -0.25) is 14.6 Å². The summed E-state index contributed by atoms with van der Waals surface area (Å²) in [6.07, 6.45) is 2.10. The fourth-order valence-electron chi connectivity index (χ4n) is 2.69. The number of rotatable bonds is 4. The molecule has 2 heterocycles. The van der Waals surface area contributed by atoms with Crippen molar-refractivity contribution in [1.29, 1.82) is 0 Å². The second-order valence-electron chi connectivity index (χ2n) is 5.49. The van der Waals surface area contributed by atoms with Gasteiger partial charge < -0.3 is 5.73 Å². The van der Waals surface area contributed by atoms with Crippen LogP contribution in [0.3, 0.4) is 0 Å². The van der Waals surface area contributed by atoms with Crippen LogP contribution in [0.15, 0.2) is 5.38 Å². The lowest BCUT2D eigenvalue weighted by Crippen LogP contribution is -2.45. The third kappa shape index (κ3) is 3.56. The fourth-order valence-corrected chi connectivity index (χ4v) is 3.61. The van der Waals surface area contributed by atoms with E-state index < -0.39 is 0 Å². The number of amides is 1. The first kappa shape index (κ1) is 15.4. The predicted molar refractivity (Wildman–Crippen MR) is 82.9 cm³/mol. The summed E-state index contributed by atoms with van der Waals surface area (Å²) >= 11 is 1.54. The number of hydrogen-bond donors (Lipinski definition) is 1. The molecule has 0 aromatic carbocycles. The molecule has 1 fully saturated rings. The Morgan fingerprint density at radius 1 is 1.65 bits per heavy atom. The van der Waals surface area contributed by atoms with Crippen LogP contribution in [0.1, 0.15) is 39.3 Å². The molecule has 112 valence electrons. The molecule has 2 rings (SSSR count). The maximum Gasteiger partial charge on any atom is 0.225 e. The van der Waals surface area contributed by atoms with Crippen LogP contribution in [0.5, 0.6) is 0 Å². The summed E-state index contributed by atoms with van der Waals surface area (Å²) in [7, 11) is 0. The van der Waals surface area contributed by atoms with E-state index in [2.05, 4.69) is 22.2 Å². The molecule has 0 saturated carbocycles. The maximum absolute atomic E-state index is 11.5. The lowest BCUT2D eigenvalue weighted by molar-refractivity contribution is -0.116. The molecule has 0 spiro atoms. The number of thiazole rings is 1. The van der Waals surface area contributed by atoms with E-state index in [1.54, 1.807) is 23.2 Å². The summed E-state index contributed by atoms with van der Waals surface area (Å²) in [5.41, 5.74) is 7.04. The van der Waals surface area contributed by atoms with Gasteiger partial charge >= 0.3 is 0 Å². The number of anilines is 1. The molecule has 20 heavy (non-hydrogen) atoms.